The molecular weight excluding hydrogens is 224 g/mol. The van der Waals surface area contributed by atoms with Crippen LogP contribution in [0, 0.1) is 20.8 Å². The molecule has 1 heterocycles. The fourth-order valence-electron chi connectivity index (χ4n) is 1.81. The molecule has 0 aliphatic carbocycles. The van der Waals surface area contributed by atoms with Crippen molar-refractivity contribution in [3.8, 4) is 0 Å². The molecule has 0 saturated carbocycles. The molecule has 0 fully saturated rings. The van der Waals surface area contributed by atoms with Crippen LogP contribution in [0.3, 0.4) is 0 Å². The molecule has 0 unspecified atom stereocenters. The molecule has 0 atom stereocenters. The Labute approximate surface area is 107 Å². The molecule has 1 amide bonds. The summed E-state index contributed by atoms with van der Waals surface area (Å²) in [7, 11) is 0. The van der Waals surface area contributed by atoms with Gasteiger partial charge in [0.05, 0.1) is 11.9 Å². The van der Waals surface area contributed by atoms with Crippen molar-refractivity contribution in [3.63, 3.8) is 0 Å². The number of nitrogens with zero attached hydrogens (tertiary/aromatic N) is 1. The van der Waals surface area contributed by atoms with E-state index in [-0.39, 0.29) is 5.91 Å². The van der Waals surface area contributed by atoms with Gasteiger partial charge in [0, 0.05) is 11.3 Å². The highest BCUT2D eigenvalue weighted by Gasteiger charge is 2.09. The molecule has 2 aromatic rings. The molecule has 0 aliphatic heterocycles. The van der Waals surface area contributed by atoms with Crippen LogP contribution in [0.2, 0.25) is 0 Å². The second kappa shape index (κ2) is 5.00. The number of anilines is 1. The van der Waals surface area contributed by atoms with Gasteiger partial charge < -0.3 is 5.32 Å². The van der Waals surface area contributed by atoms with Crippen molar-refractivity contribution >= 4 is 11.6 Å². The summed E-state index contributed by atoms with van der Waals surface area (Å²) in [4.78, 5) is 16.2. The minimum Gasteiger partial charge on any atom is -0.321 e. The van der Waals surface area contributed by atoms with Crippen LogP contribution in [0.25, 0.3) is 0 Å². The highest BCUT2D eigenvalue weighted by molar-refractivity contribution is 6.05. The minimum atomic E-state index is -0.0989. The number of amides is 1. The Morgan fingerprint density at radius 2 is 1.89 bits per heavy atom. The monoisotopic (exact) mass is 240 g/mol. The lowest BCUT2D eigenvalue weighted by molar-refractivity contribution is 0.102. The standard InChI is InChI=1S/C15H16N2O/c1-10-4-7-14(11(2)8-10)15(18)17-13-6-5-12(3)16-9-13/h4-9H,1-3H3,(H,17,18). The Morgan fingerprint density at radius 1 is 1.11 bits per heavy atom. The molecule has 92 valence electrons. The van der Waals surface area contributed by atoms with E-state index in [2.05, 4.69) is 10.3 Å². The first-order valence-electron chi connectivity index (χ1n) is 5.87. The quantitative estimate of drug-likeness (QED) is 0.875. The fraction of sp³-hybridized carbons (Fsp3) is 0.200. The van der Waals surface area contributed by atoms with Gasteiger partial charge in [0.15, 0.2) is 0 Å². The first kappa shape index (κ1) is 12.3. The van der Waals surface area contributed by atoms with Crippen molar-refractivity contribution in [2.75, 3.05) is 5.32 Å². The van der Waals surface area contributed by atoms with E-state index in [9.17, 15) is 4.79 Å². The molecule has 18 heavy (non-hydrogen) atoms. The molecule has 2 rings (SSSR count). The van der Waals surface area contributed by atoms with E-state index >= 15 is 0 Å². The molecule has 1 aromatic carbocycles. The second-order valence-electron chi connectivity index (χ2n) is 4.46. The molecule has 1 N–H and O–H groups in total. The molecule has 3 heteroatoms. The topological polar surface area (TPSA) is 42.0 Å². The Bertz CT molecular complexity index is 574. The van der Waals surface area contributed by atoms with Gasteiger partial charge in [0.1, 0.15) is 0 Å². The number of carbonyl (C=O) groups excluding carboxylic acids is 1. The van der Waals surface area contributed by atoms with Crippen molar-refractivity contribution in [3.05, 3.63) is 58.9 Å². The van der Waals surface area contributed by atoms with E-state index < -0.39 is 0 Å². The Hall–Kier alpha value is -2.16. The Kier molecular flexibility index (Phi) is 3.42. The zero-order valence-electron chi connectivity index (χ0n) is 10.8. The highest BCUT2D eigenvalue weighted by Crippen LogP contribution is 2.13. The van der Waals surface area contributed by atoms with E-state index in [0.717, 1.165) is 16.8 Å². The fourth-order valence-corrected chi connectivity index (χ4v) is 1.81. The van der Waals surface area contributed by atoms with Gasteiger partial charge in [-0.1, -0.05) is 17.7 Å². The summed E-state index contributed by atoms with van der Waals surface area (Å²) in [6.45, 7) is 5.86. The number of hydrogen-bond donors (Lipinski definition) is 1. The van der Waals surface area contributed by atoms with Crippen molar-refractivity contribution in [1.29, 1.82) is 0 Å². The number of nitrogens with one attached hydrogen (secondary N) is 1. The predicted molar refractivity (Wildman–Crippen MR) is 72.8 cm³/mol. The minimum absolute atomic E-state index is 0.0989. The summed E-state index contributed by atoms with van der Waals surface area (Å²) < 4.78 is 0. The van der Waals surface area contributed by atoms with Crippen LogP contribution in [0.5, 0.6) is 0 Å². The number of carbonyl (C=O) groups is 1. The lowest BCUT2D eigenvalue weighted by Crippen LogP contribution is -2.13. The van der Waals surface area contributed by atoms with E-state index in [0.29, 0.717) is 11.3 Å². The largest absolute Gasteiger partial charge is 0.321 e. The van der Waals surface area contributed by atoms with Crippen molar-refractivity contribution in [2.24, 2.45) is 0 Å². The van der Waals surface area contributed by atoms with Gasteiger partial charge in [-0.25, -0.2) is 0 Å². The zero-order valence-corrected chi connectivity index (χ0v) is 10.8. The van der Waals surface area contributed by atoms with Crippen molar-refractivity contribution < 1.29 is 4.79 Å². The second-order valence-corrected chi connectivity index (χ2v) is 4.46. The first-order chi connectivity index (χ1) is 8.56. The average Bonchev–Trinajstić information content (AvgIpc) is 2.32. The summed E-state index contributed by atoms with van der Waals surface area (Å²) in [6, 6.07) is 9.51. The van der Waals surface area contributed by atoms with Gasteiger partial charge in [0.2, 0.25) is 0 Å². The SMILES string of the molecule is Cc1ccc(C(=O)Nc2ccc(C)nc2)c(C)c1. The third kappa shape index (κ3) is 2.74. The van der Waals surface area contributed by atoms with Gasteiger partial charge in [-0.3, -0.25) is 9.78 Å². The summed E-state index contributed by atoms with van der Waals surface area (Å²) in [6.07, 6.45) is 1.66. The lowest BCUT2D eigenvalue weighted by Gasteiger charge is -2.08. The molecular formula is C15H16N2O. The molecule has 0 saturated heterocycles. The normalized spacial score (nSPS) is 10.2. The summed E-state index contributed by atoms with van der Waals surface area (Å²) in [5.41, 5.74) is 4.47. The number of hydrogen-bond acceptors (Lipinski definition) is 2. The number of rotatable bonds is 2. The van der Waals surface area contributed by atoms with Crippen LogP contribution in [-0.4, -0.2) is 10.9 Å². The van der Waals surface area contributed by atoms with Crippen LogP contribution in [0.1, 0.15) is 27.2 Å². The van der Waals surface area contributed by atoms with Gasteiger partial charge >= 0.3 is 0 Å². The maximum Gasteiger partial charge on any atom is 0.255 e. The Morgan fingerprint density at radius 3 is 2.50 bits per heavy atom. The third-order valence-corrected chi connectivity index (χ3v) is 2.80. The van der Waals surface area contributed by atoms with Crippen LogP contribution in [0.4, 0.5) is 5.69 Å². The molecule has 0 bridgehead atoms. The van der Waals surface area contributed by atoms with E-state index in [1.807, 2.05) is 51.1 Å². The summed E-state index contributed by atoms with van der Waals surface area (Å²) in [5, 5.41) is 2.84. The maximum absolute atomic E-state index is 12.1. The van der Waals surface area contributed by atoms with E-state index in [1.54, 1.807) is 6.20 Å². The molecule has 1 aromatic heterocycles. The van der Waals surface area contributed by atoms with Gasteiger partial charge in [0.25, 0.3) is 5.91 Å². The van der Waals surface area contributed by atoms with Crippen LogP contribution >= 0.6 is 0 Å². The lowest BCUT2D eigenvalue weighted by atomic mass is 10.1. The molecule has 0 spiro atoms. The van der Waals surface area contributed by atoms with Crippen LogP contribution in [0.15, 0.2) is 36.5 Å². The number of aryl methyl sites for hydroxylation is 3. The number of benzene rings is 1. The van der Waals surface area contributed by atoms with Gasteiger partial charge in [-0.05, 0) is 44.5 Å². The van der Waals surface area contributed by atoms with Crippen molar-refractivity contribution in [1.82, 2.24) is 4.98 Å². The van der Waals surface area contributed by atoms with Crippen LogP contribution < -0.4 is 5.32 Å². The maximum atomic E-state index is 12.1. The zero-order chi connectivity index (χ0) is 13.1. The van der Waals surface area contributed by atoms with E-state index in [1.165, 1.54) is 0 Å². The number of pyridine rings is 1. The van der Waals surface area contributed by atoms with E-state index in [4.69, 9.17) is 0 Å². The molecule has 0 aliphatic rings. The third-order valence-electron chi connectivity index (χ3n) is 2.80. The predicted octanol–water partition coefficient (Wildman–Crippen LogP) is 3.26. The first-order valence-corrected chi connectivity index (χ1v) is 5.87. The summed E-state index contributed by atoms with van der Waals surface area (Å²) in [5.74, 6) is -0.0989. The Balaban J connectivity index is 2.19. The van der Waals surface area contributed by atoms with Gasteiger partial charge in [-0.2, -0.15) is 0 Å². The van der Waals surface area contributed by atoms with Crippen LogP contribution in [-0.2, 0) is 0 Å². The van der Waals surface area contributed by atoms with Gasteiger partial charge in [-0.15, -0.1) is 0 Å². The number of aromatic nitrogens is 1. The van der Waals surface area contributed by atoms with Crippen molar-refractivity contribution in [2.45, 2.75) is 20.8 Å². The molecule has 0 radical (unpaired) electrons. The smallest absolute Gasteiger partial charge is 0.255 e. The molecule has 3 nitrogen and oxygen atoms in total. The average molecular weight is 240 g/mol. The summed E-state index contributed by atoms with van der Waals surface area (Å²) >= 11 is 0. The highest BCUT2D eigenvalue weighted by atomic mass is 16.1.